The van der Waals surface area contributed by atoms with Crippen molar-refractivity contribution in [1.82, 2.24) is 29.4 Å². The SMILES string of the molecule is CCn1c(=O)[nH]c2cc(CN3CCN(c4cnc5[nH]cnc5c4)CC3)ccc2c1=O. The van der Waals surface area contributed by atoms with Crippen LogP contribution in [0.2, 0.25) is 0 Å². The fourth-order valence-corrected chi connectivity index (χ4v) is 4.10. The zero-order chi connectivity index (χ0) is 20.7. The number of aromatic nitrogens is 5. The van der Waals surface area contributed by atoms with Crippen molar-refractivity contribution in [3.8, 4) is 0 Å². The van der Waals surface area contributed by atoms with Gasteiger partial charge in [0.1, 0.15) is 5.52 Å². The van der Waals surface area contributed by atoms with E-state index < -0.39 is 0 Å². The minimum Gasteiger partial charge on any atom is -0.368 e. The second-order valence-corrected chi connectivity index (χ2v) is 7.59. The summed E-state index contributed by atoms with van der Waals surface area (Å²) in [5.74, 6) is 0. The van der Waals surface area contributed by atoms with Gasteiger partial charge in [-0.2, -0.15) is 0 Å². The molecule has 1 saturated heterocycles. The van der Waals surface area contributed by atoms with Crippen molar-refractivity contribution in [2.45, 2.75) is 20.0 Å². The molecule has 0 aliphatic carbocycles. The Balaban J connectivity index is 1.29. The van der Waals surface area contributed by atoms with E-state index >= 15 is 0 Å². The number of pyridine rings is 1. The normalized spacial score (nSPS) is 15.3. The minimum absolute atomic E-state index is 0.237. The van der Waals surface area contributed by atoms with Gasteiger partial charge in [-0.25, -0.2) is 14.8 Å². The Hall–Kier alpha value is -3.46. The van der Waals surface area contributed by atoms with E-state index in [0.29, 0.717) is 17.4 Å². The fourth-order valence-electron chi connectivity index (χ4n) is 4.10. The highest BCUT2D eigenvalue weighted by atomic mass is 16.2. The van der Waals surface area contributed by atoms with Crippen LogP contribution in [0.5, 0.6) is 0 Å². The van der Waals surface area contributed by atoms with Crippen LogP contribution >= 0.6 is 0 Å². The summed E-state index contributed by atoms with van der Waals surface area (Å²) >= 11 is 0. The van der Waals surface area contributed by atoms with Gasteiger partial charge in [-0.3, -0.25) is 14.3 Å². The molecule has 1 aliphatic heterocycles. The number of piperazine rings is 1. The van der Waals surface area contributed by atoms with Crippen LogP contribution < -0.4 is 16.1 Å². The van der Waals surface area contributed by atoms with Crippen LogP contribution in [-0.2, 0) is 13.1 Å². The molecule has 9 nitrogen and oxygen atoms in total. The Morgan fingerprint density at radius 3 is 2.70 bits per heavy atom. The number of nitrogens with one attached hydrogen (secondary N) is 2. The molecule has 0 amide bonds. The second kappa shape index (κ2) is 7.42. The van der Waals surface area contributed by atoms with Crippen molar-refractivity contribution in [3.05, 3.63) is 63.2 Å². The van der Waals surface area contributed by atoms with Gasteiger partial charge in [0.05, 0.1) is 29.1 Å². The number of hydrogen-bond acceptors (Lipinski definition) is 6. The average molecular weight is 405 g/mol. The molecule has 1 aromatic carbocycles. The Morgan fingerprint density at radius 1 is 1.07 bits per heavy atom. The lowest BCUT2D eigenvalue weighted by Crippen LogP contribution is -2.46. The number of imidazole rings is 1. The maximum Gasteiger partial charge on any atom is 0.328 e. The molecule has 4 heterocycles. The summed E-state index contributed by atoms with van der Waals surface area (Å²) in [6.07, 6.45) is 3.55. The van der Waals surface area contributed by atoms with Crippen LogP contribution in [0, 0.1) is 0 Å². The van der Waals surface area contributed by atoms with Gasteiger partial charge in [0.2, 0.25) is 0 Å². The molecule has 9 heteroatoms. The molecule has 1 fully saturated rings. The highest BCUT2D eigenvalue weighted by molar-refractivity contribution is 5.78. The molecule has 30 heavy (non-hydrogen) atoms. The van der Waals surface area contributed by atoms with Crippen LogP contribution in [-0.4, -0.2) is 55.6 Å². The average Bonchev–Trinajstić information content (AvgIpc) is 3.22. The highest BCUT2D eigenvalue weighted by Gasteiger charge is 2.18. The van der Waals surface area contributed by atoms with Gasteiger partial charge in [0.25, 0.3) is 5.56 Å². The number of benzene rings is 1. The molecule has 2 N–H and O–H groups in total. The summed E-state index contributed by atoms with van der Waals surface area (Å²) < 4.78 is 1.22. The van der Waals surface area contributed by atoms with Crippen molar-refractivity contribution in [1.29, 1.82) is 0 Å². The second-order valence-electron chi connectivity index (χ2n) is 7.59. The van der Waals surface area contributed by atoms with E-state index in [2.05, 4.69) is 35.8 Å². The summed E-state index contributed by atoms with van der Waals surface area (Å²) in [6.45, 7) is 6.58. The molecule has 0 unspecified atom stereocenters. The third kappa shape index (κ3) is 3.26. The van der Waals surface area contributed by atoms with E-state index in [1.807, 2.05) is 24.4 Å². The van der Waals surface area contributed by atoms with Gasteiger partial charge >= 0.3 is 5.69 Å². The number of hydrogen-bond donors (Lipinski definition) is 2. The van der Waals surface area contributed by atoms with Crippen molar-refractivity contribution < 1.29 is 0 Å². The molecule has 1 aliphatic rings. The summed E-state index contributed by atoms with van der Waals surface area (Å²) in [4.78, 5) is 43.8. The van der Waals surface area contributed by atoms with Gasteiger partial charge < -0.3 is 14.9 Å². The molecule has 0 saturated carbocycles. The lowest BCUT2D eigenvalue weighted by atomic mass is 10.1. The number of rotatable bonds is 4. The zero-order valence-corrected chi connectivity index (χ0v) is 16.8. The monoisotopic (exact) mass is 405 g/mol. The van der Waals surface area contributed by atoms with Gasteiger partial charge in [-0.15, -0.1) is 0 Å². The first-order valence-electron chi connectivity index (χ1n) is 10.1. The molecule has 3 aromatic heterocycles. The van der Waals surface area contributed by atoms with E-state index in [0.717, 1.165) is 55.1 Å². The van der Waals surface area contributed by atoms with Crippen molar-refractivity contribution >= 4 is 27.8 Å². The Bertz CT molecular complexity index is 1330. The molecule has 0 radical (unpaired) electrons. The molecule has 5 rings (SSSR count). The number of aromatic amines is 2. The highest BCUT2D eigenvalue weighted by Crippen LogP contribution is 2.20. The maximum absolute atomic E-state index is 12.4. The molecule has 4 aromatic rings. The number of anilines is 1. The van der Waals surface area contributed by atoms with Gasteiger partial charge in [0, 0.05) is 39.3 Å². The third-order valence-electron chi connectivity index (χ3n) is 5.76. The molecule has 0 spiro atoms. The predicted molar refractivity (Wildman–Crippen MR) is 116 cm³/mol. The summed E-state index contributed by atoms with van der Waals surface area (Å²) in [6, 6.07) is 7.77. The smallest absolute Gasteiger partial charge is 0.328 e. The minimum atomic E-state index is -0.358. The molecule has 0 atom stereocenters. The Morgan fingerprint density at radius 2 is 1.90 bits per heavy atom. The standard InChI is InChI=1S/C21H23N7O2/c1-2-28-20(29)16-4-3-14(9-17(16)25-21(28)30)12-26-5-7-27(8-6-26)15-10-18-19(22-11-15)24-13-23-18/h3-4,9-11,13H,2,5-8,12H2,1H3,(H,25,30)(H,22,23,24). The summed E-state index contributed by atoms with van der Waals surface area (Å²) in [7, 11) is 0. The van der Waals surface area contributed by atoms with E-state index in [9.17, 15) is 9.59 Å². The zero-order valence-electron chi connectivity index (χ0n) is 16.8. The lowest BCUT2D eigenvalue weighted by molar-refractivity contribution is 0.250. The van der Waals surface area contributed by atoms with Gasteiger partial charge in [-0.05, 0) is 30.7 Å². The van der Waals surface area contributed by atoms with Crippen LogP contribution in [0.4, 0.5) is 5.69 Å². The van der Waals surface area contributed by atoms with Crippen LogP contribution in [0.25, 0.3) is 22.1 Å². The van der Waals surface area contributed by atoms with E-state index in [1.165, 1.54) is 4.57 Å². The first kappa shape index (κ1) is 18.6. The van der Waals surface area contributed by atoms with Gasteiger partial charge in [-0.1, -0.05) is 6.07 Å². The van der Waals surface area contributed by atoms with Crippen molar-refractivity contribution in [2.24, 2.45) is 0 Å². The van der Waals surface area contributed by atoms with Crippen LogP contribution in [0.3, 0.4) is 0 Å². The van der Waals surface area contributed by atoms with E-state index in [-0.39, 0.29) is 11.2 Å². The fraction of sp³-hybridized carbons (Fsp3) is 0.333. The first-order valence-corrected chi connectivity index (χ1v) is 10.1. The van der Waals surface area contributed by atoms with Gasteiger partial charge in [0.15, 0.2) is 5.65 Å². The molecular weight excluding hydrogens is 382 g/mol. The topological polar surface area (TPSA) is 103 Å². The number of H-pyrrole nitrogens is 2. The maximum atomic E-state index is 12.4. The Labute approximate surface area is 172 Å². The Kier molecular flexibility index (Phi) is 4.59. The predicted octanol–water partition coefficient (Wildman–Crippen LogP) is 1.30. The molecule has 154 valence electrons. The molecular formula is C21H23N7O2. The summed E-state index contributed by atoms with van der Waals surface area (Å²) in [5.41, 5.74) is 3.86. The quantitative estimate of drug-likeness (QED) is 0.531. The van der Waals surface area contributed by atoms with E-state index in [4.69, 9.17) is 0 Å². The van der Waals surface area contributed by atoms with Crippen molar-refractivity contribution in [3.63, 3.8) is 0 Å². The molecule has 0 bridgehead atoms. The van der Waals surface area contributed by atoms with E-state index in [1.54, 1.807) is 13.3 Å². The number of fused-ring (bicyclic) bond motifs is 2. The summed E-state index contributed by atoms with van der Waals surface area (Å²) in [5, 5.41) is 0.547. The van der Waals surface area contributed by atoms with Crippen molar-refractivity contribution in [2.75, 3.05) is 31.1 Å². The van der Waals surface area contributed by atoms with Crippen LogP contribution in [0.1, 0.15) is 12.5 Å². The number of nitrogens with zero attached hydrogens (tertiary/aromatic N) is 5. The van der Waals surface area contributed by atoms with Crippen LogP contribution in [0.15, 0.2) is 46.4 Å². The third-order valence-corrected chi connectivity index (χ3v) is 5.76. The lowest BCUT2D eigenvalue weighted by Gasteiger charge is -2.36. The largest absolute Gasteiger partial charge is 0.368 e. The first-order chi connectivity index (χ1) is 14.6.